The highest BCUT2D eigenvalue weighted by Gasteiger charge is 2.13. The lowest BCUT2D eigenvalue weighted by Gasteiger charge is -2.12. The number of aliphatic hydroxyl groups excluding tert-OH is 1. The molecule has 0 heterocycles. The minimum Gasteiger partial charge on any atom is -0.461 e. The lowest BCUT2D eigenvalue weighted by atomic mass is 10.1. The van der Waals surface area contributed by atoms with Crippen LogP contribution in [0.5, 0.6) is 0 Å². The van der Waals surface area contributed by atoms with Crippen LogP contribution < -0.4 is 21.7 Å². The fourth-order valence-corrected chi connectivity index (χ4v) is 2.78. The number of esters is 1. The predicted molar refractivity (Wildman–Crippen MR) is 121 cm³/mol. The fraction of sp³-hybridized carbons (Fsp3) is 0.545. The number of nitrogens with two attached hydrogens (primary N) is 1. The molecule has 0 aliphatic rings. The van der Waals surface area contributed by atoms with E-state index < -0.39 is 18.0 Å². The molecule has 1 aromatic rings. The van der Waals surface area contributed by atoms with Gasteiger partial charge in [-0.15, -0.1) is 0 Å². The van der Waals surface area contributed by atoms with Crippen molar-refractivity contribution in [3.05, 3.63) is 35.9 Å². The van der Waals surface area contributed by atoms with E-state index in [1.54, 1.807) is 0 Å². The Hall–Kier alpha value is -3.14. The average molecular weight is 450 g/mol. The van der Waals surface area contributed by atoms with Gasteiger partial charge >= 0.3 is 5.97 Å². The molecule has 10 nitrogen and oxygen atoms in total. The molecular formula is C22H35N5O5. The van der Waals surface area contributed by atoms with Crippen LogP contribution in [0, 0.1) is 5.41 Å². The molecule has 32 heavy (non-hydrogen) atoms. The van der Waals surface area contributed by atoms with Crippen LogP contribution in [0.25, 0.3) is 0 Å². The number of carbonyl (C=O) groups excluding carboxylic acids is 3. The molecule has 178 valence electrons. The third kappa shape index (κ3) is 14.8. The molecule has 0 aliphatic heterocycles. The number of unbranched alkanes of at least 4 members (excludes halogenated alkanes) is 3. The Balaban J connectivity index is 2.01. The van der Waals surface area contributed by atoms with Crippen molar-refractivity contribution in [2.24, 2.45) is 5.73 Å². The van der Waals surface area contributed by atoms with Crippen LogP contribution in [0.1, 0.15) is 50.5 Å². The number of guanidine groups is 1. The Kier molecular flexibility index (Phi) is 13.9. The number of hydrogen-bond acceptors (Lipinski definition) is 6. The van der Waals surface area contributed by atoms with Crippen molar-refractivity contribution >= 4 is 23.7 Å². The summed E-state index contributed by atoms with van der Waals surface area (Å²) in [7, 11) is 0. The van der Waals surface area contributed by atoms with Gasteiger partial charge in [0, 0.05) is 26.1 Å². The summed E-state index contributed by atoms with van der Waals surface area (Å²) >= 11 is 0. The van der Waals surface area contributed by atoms with Crippen LogP contribution >= 0.6 is 0 Å². The van der Waals surface area contributed by atoms with Crippen molar-refractivity contribution in [2.45, 2.75) is 57.7 Å². The number of nitrogens with one attached hydrogen (secondary N) is 4. The summed E-state index contributed by atoms with van der Waals surface area (Å²) in [4.78, 5) is 35.3. The van der Waals surface area contributed by atoms with Gasteiger partial charge < -0.3 is 31.5 Å². The van der Waals surface area contributed by atoms with Gasteiger partial charge in [0.15, 0.2) is 5.96 Å². The van der Waals surface area contributed by atoms with Crippen molar-refractivity contribution in [2.75, 3.05) is 19.6 Å². The molecule has 10 heteroatoms. The maximum atomic E-state index is 11.8. The molecule has 7 N–H and O–H groups in total. The van der Waals surface area contributed by atoms with Gasteiger partial charge in [-0.1, -0.05) is 43.2 Å². The zero-order valence-electron chi connectivity index (χ0n) is 18.4. The first-order valence-corrected chi connectivity index (χ1v) is 10.9. The van der Waals surface area contributed by atoms with Crippen LogP contribution in [-0.2, 0) is 25.7 Å². The molecule has 0 aliphatic carbocycles. The molecule has 0 saturated carbocycles. The van der Waals surface area contributed by atoms with Gasteiger partial charge in [0.1, 0.15) is 6.61 Å². The zero-order valence-corrected chi connectivity index (χ0v) is 18.4. The van der Waals surface area contributed by atoms with E-state index in [0.29, 0.717) is 13.0 Å². The Morgan fingerprint density at radius 2 is 1.66 bits per heavy atom. The largest absolute Gasteiger partial charge is 0.461 e. The first kappa shape index (κ1) is 26.9. The van der Waals surface area contributed by atoms with Crippen molar-refractivity contribution in [1.82, 2.24) is 16.0 Å². The maximum Gasteiger partial charge on any atom is 0.307 e. The topological polar surface area (TPSA) is 167 Å². The van der Waals surface area contributed by atoms with Crippen LogP contribution in [0.2, 0.25) is 0 Å². The maximum absolute atomic E-state index is 11.8. The Labute approximate surface area is 188 Å². The minimum atomic E-state index is -0.998. The van der Waals surface area contributed by atoms with Crippen molar-refractivity contribution in [1.29, 1.82) is 5.41 Å². The highest BCUT2D eigenvalue weighted by Crippen LogP contribution is 2.03. The Bertz CT molecular complexity index is 714. The smallest absolute Gasteiger partial charge is 0.307 e. The quantitative estimate of drug-likeness (QED) is 0.0926. The first-order chi connectivity index (χ1) is 15.4. The summed E-state index contributed by atoms with van der Waals surface area (Å²) in [6.45, 7) is 0.940. The second-order valence-electron chi connectivity index (χ2n) is 7.41. The zero-order chi connectivity index (χ0) is 23.6. The second-order valence-corrected chi connectivity index (χ2v) is 7.41. The lowest BCUT2D eigenvalue weighted by molar-refractivity contribution is -0.144. The normalized spacial score (nSPS) is 11.3. The summed E-state index contributed by atoms with van der Waals surface area (Å²) in [6, 6.07) is 9.30. The van der Waals surface area contributed by atoms with Crippen molar-refractivity contribution in [3.63, 3.8) is 0 Å². The highest BCUT2D eigenvalue weighted by atomic mass is 16.5. The highest BCUT2D eigenvalue weighted by molar-refractivity contribution is 5.78. The van der Waals surface area contributed by atoms with E-state index in [9.17, 15) is 19.5 Å². The number of benzene rings is 1. The fourth-order valence-electron chi connectivity index (χ4n) is 2.78. The molecule has 0 aromatic heterocycles. The van der Waals surface area contributed by atoms with E-state index in [1.807, 2.05) is 30.3 Å². The number of hydrogen-bond donors (Lipinski definition) is 6. The molecule has 1 atom stereocenters. The van der Waals surface area contributed by atoms with Gasteiger partial charge in [-0.25, -0.2) is 0 Å². The second kappa shape index (κ2) is 16.5. The standard InChI is InChI=1S/C22H35N5O5/c23-22(24)26-12-7-2-1-6-10-19(29)27-15-18(28)14-20(30)25-13-11-21(31)32-16-17-8-4-3-5-9-17/h3-5,8-9,18,28H,1-2,6-7,10-16H2,(H,25,30)(H,27,29)(H4,23,24,26)/t18-/m0/s1. The number of aliphatic hydroxyl groups is 1. The Morgan fingerprint density at radius 1 is 0.938 bits per heavy atom. The third-order valence-corrected chi connectivity index (χ3v) is 4.50. The van der Waals surface area contributed by atoms with Crippen LogP contribution in [0.4, 0.5) is 0 Å². The van der Waals surface area contributed by atoms with Gasteiger partial charge in [-0.05, 0) is 18.4 Å². The molecule has 0 bridgehead atoms. The summed E-state index contributed by atoms with van der Waals surface area (Å²) in [6.07, 6.45) is 2.63. The van der Waals surface area contributed by atoms with E-state index in [1.165, 1.54) is 0 Å². The third-order valence-electron chi connectivity index (χ3n) is 4.50. The van der Waals surface area contributed by atoms with Gasteiger partial charge in [-0.2, -0.15) is 0 Å². The molecule has 0 saturated heterocycles. The summed E-state index contributed by atoms with van der Waals surface area (Å²) in [5.74, 6) is -1.04. The first-order valence-electron chi connectivity index (χ1n) is 10.9. The van der Waals surface area contributed by atoms with Gasteiger partial charge in [0.05, 0.1) is 18.9 Å². The van der Waals surface area contributed by atoms with Crippen LogP contribution in [0.15, 0.2) is 30.3 Å². The number of carbonyl (C=O) groups is 3. The molecule has 0 unspecified atom stereocenters. The summed E-state index contributed by atoms with van der Waals surface area (Å²) < 4.78 is 5.12. The molecule has 1 aromatic carbocycles. The monoisotopic (exact) mass is 449 g/mol. The van der Waals surface area contributed by atoms with Gasteiger partial charge in [0.25, 0.3) is 0 Å². The van der Waals surface area contributed by atoms with E-state index in [4.69, 9.17) is 15.9 Å². The van der Waals surface area contributed by atoms with Crippen LogP contribution in [0.3, 0.4) is 0 Å². The van der Waals surface area contributed by atoms with Gasteiger partial charge in [0.2, 0.25) is 11.8 Å². The van der Waals surface area contributed by atoms with E-state index in [2.05, 4.69) is 16.0 Å². The van der Waals surface area contributed by atoms with Crippen molar-refractivity contribution in [3.8, 4) is 0 Å². The Morgan fingerprint density at radius 3 is 2.38 bits per heavy atom. The van der Waals surface area contributed by atoms with E-state index in [0.717, 1.165) is 31.2 Å². The SMILES string of the molecule is N=C(N)NCCCCCCC(=O)NC[C@@H](O)CC(=O)NCCC(=O)OCc1ccccc1. The van der Waals surface area contributed by atoms with Crippen molar-refractivity contribution < 1.29 is 24.2 Å². The molecule has 0 spiro atoms. The molecule has 0 radical (unpaired) electrons. The lowest BCUT2D eigenvalue weighted by Crippen LogP contribution is -2.36. The molecule has 0 fully saturated rings. The number of amides is 2. The number of ether oxygens (including phenoxy) is 1. The average Bonchev–Trinajstić information content (AvgIpc) is 2.76. The van der Waals surface area contributed by atoms with E-state index >= 15 is 0 Å². The molecule has 1 rings (SSSR count). The van der Waals surface area contributed by atoms with E-state index in [-0.39, 0.29) is 44.4 Å². The minimum absolute atomic E-state index is 0.00605. The van der Waals surface area contributed by atoms with Gasteiger partial charge in [-0.3, -0.25) is 19.8 Å². The summed E-state index contributed by atoms with van der Waals surface area (Å²) in [5.41, 5.74) is 6.07. The molecule has 2 amide bonds. The molecular weight excluding hydrogens is 414 g/mol. The summed E-state index contributed by atoms with van der Waals surface area (Å²) in [5, 5.41) is 24.8. The van der Waals surface area contributed by atoms with Crippen LogP contribution in [-0.4, -0.2) is 54.6 Å². The number of rotatable bonds is 16. The predicted octanol–water partition coefficient (Wildman–Crippen LogP) is 0.537.